The molecule has 2 aromatic heterocycles. The van der Waals surface area contributed by atoms with Crippen LogP contribution in [0.1, 0.15) is 34.0 Å². The number of hydrogen-bond donors (Lipinski definition) is 0. The lowest BCUT2D eigenvalue weighted by atomic mass is 10.1. The maximum Gasteiger partial charge on any atom is 0.264 e. The van der Waals surface area contributed by atoms with Crippen LogP contribution in [0.3, 0.4) is 0 Å². The first-order valence-corrected chi connectivity index (χ1v) is 8.35. The quantitative estimate of drug-likeness (QED) is 0.677. The van der Waals surface area contributed by atoms with Gasteiger partial charge in [-0.25, -0.2) is 4.39 Å². The highest BCUT2D eigenvalue weighted by atomic mass is 32.1. The Kier molecular flexibility index (Phi) is 4.69. The van der Waals surface area contributed by atoms with E-state index in [4.69, 9.17) is 9.15 Å². The molecule has 0 spiro atoms. The molecule has 3 rings (SSSR count). The van der Waals surface area contributed by atoms with Crippen LogP contribution >= 0.6 is 11.3 Å². The zero-order valence-electron chi connectivity index (χ0n) is 13.7. The Morgan fingerprint density at radius 3 is 2.83 bits per heavy atom. The molecule has 2 heterocycles. The molecular weight excluding hydrogens is 329 g/mol. The summed E-state index contributed by atoms with van der Waals surface area (Å²) in [5.41, 5.74) is 0.596. The maximum atomic E-state index is 14.2. The average Bonchev–Trinajstić information content (AvgIpc) is 3.22. The summed E-state index contributed by atoms with van der Waals surface area (Å²) in [5.74, 6) is 0.189. The number of methoxy groups -OCH3 is 1. The summed E-state index contributed by atoms with van der Waals surface area (Å²) in [5, 5.41) is 0.465. The molecule has 0 saturated heterocycles. The fourth-order valence-electron chi connectivity index (χ4n) is 2.68. The summed E-state index contributed by atoms with van der Waals surface area (Å²) in [6, 6.07) is 8.25. The Hall–Kier alpha value is -2.18. The molecule has 24 heavy (non-hydrogen) atoms. The Labute approximate surface area is 143 Å². The lowest BCUT2D eigenvalue weighted by Gasteiger charge is -2.23. The van der Waals surface area contributed by atoms with Gasteiger partial charge in [-0.05, 0) is 31.2 Å². The second-order valence-corrected chi connectivity index (χ2v) is 6.62. The first kappa shape index (κ1) is 16.7. The Bertz CT molecular complexity index is 857. The van der Waals surface area contributed by atoms with Crippen molar-refractivity contribution < 1.29 is 18.3 Å². The van der Waals surface area contributed by atoms with Crippen LogP contribution in [-0.2, 0) is 11.3 Å². The number of rotatable bonds is 5. The molecule has 0 aliphatic heterocycles. The topological polar surface area (TPSA) is 42.7 Å². The minimum Gasteiger partial charge on any atom is -0.467 e. The maximum absolute atomic E-state index is 14.2. The van der Waals surface area contributed by atoms with Crippen molar-refractivity contribution in [3.63, 3.8) is 0 Å². The lowest BCUT2D eigenvalue weighted by molar-refractivity contribution is 0.0727. The van der Waals surface area contributed by atoms with Gasteiger partial charge >= 0.3 is 0 Å². The second-order valence-electron chi connectivity index (χ2n) is 5.56. The van der Waals surface area contributed by atoms with Gasteiger partial charge in [0, 0.05) is 29.8 Å². The standard InChI is InChI=1S/C18H18FNO3S/c1-11(14-7-5-9-23-14)20(2)18(21)17-12(10-22-3)16-13(19)6-4-8-15(16)24-17/h4-9,11H,10H2,1-3H3. The molecule has 0 bridgehead atoms. The number of halogens is 1. The molecule has 1 aromatic carbocycles. The van der Waals surface area contributed by atoms with Crippen LogP contribution in [0, 0.1) is 5.82 Å². The number of furan rings is 1. The van der Waals surface area contributed by atoms with Crippen molar-refractivity contribution >= 4 is 27.3 Å². The number of amides is 1. The molecule has 0 aliphatic rings. The Morgan fingerprint density at radius 2 is 2.17 bits per heavy atom. The van der Waals surface area contributed by atoms with Crippen LogP contribution in [0.4, 0.5) is 4.39 Å². The number of ether oxygens (including phenoxy) is 1. The fourth-order valence-corrected chi connectivity index (χ4v) is 3.88. The van der Waals surface area contributed by atoms with Crippen LogP contribution in [0.5, 0.6) is 0 Å². The zero-order chi connectivity index (χ0) is 17.3. The monoisotopic (exact) mass is 347 g/mol. The van der Waals surface area contributed by atoms with Gasteiger partial charge in [-0.2, -0.15) is 0 Å². The molecule has 1 unspecified atom stereocenters. The number of fused-ring (bicyclic) bond motifs is 1. The first-order chi connectivity index (χ1) is 11.5. The van der Waals surface area contributed by atoms with Crippen molar-refractivity contribution in [3.05, 3.63) is 58.6 Å². The minimum atomic E-state index is -0.336. The summed E-state index contributed by atoms with van der Waals surface area (Å²) in [4.78, 5) is 15.1. The van der Waals surface area contributed by atoms with E-state index in [2.05, 4.69) is 0 Å². The van der Waals surface area contributed by atoms with Gasteiger partial charge in [0.15, 0.2) is 0 Å². The van der Waals surface area contributed by atoms with Gasteiger partial charge in [-0.3, -0.25) is 4.79 Å². The highest BCUT2D eigenvalue weighted by Crippen LogP contribution is 2.35. The van der Waals surface area contributed by atoms with E-state index in [0.29, 0.717) is 21.6 Å². The Morgan fingerprint density at radius 1 is 1.38 bits per heavy atom. The fraction of sp³-hybridized carbons (Fsp3) is 0.278. The van der Waals surface area contributed by atoms with Gasteiger partial charge in [0.1, 0.15) is 11.6 Å². The molecule has 0 fully saturated rings. The first-order valence-electron chi connectivity index (χ1n) is 7.54. The number of thiophene rings is 1. The van der Waals surface area contributed by atoms with Crippen molar-refractivity contribution in [2.24, 2.45) is 0 Å². The summed E-state index contributed by atoms with van der Waals surface area (Å²) in [7, 11) is 3.25. The largest absolute Gasteiger partial charge is 0.467 e. The van der Waals surface area contributed by atoms with Crippen molar-refractivity contribution in [1.82, 2.24) is 4.90 Å². The van der Waals surface area contributed by atoms with E-state index in [1.165, 1.54) is 24.5 Å². The highest BCUT2D eigenvalue weighted by molar-refractivity contribution is 7.21. The number of hydrogen-bond acceptors (Lipinski definition) is 4. The van der Waals surface area contributed by atoms with Gasteiger partial charge in [0.2, 0.25) is 0 Å². The molecule has 1 amide bonds. The van der Waals surface area contributed by atoms with Gasteiger partial charge in [0.05, 0.1) is 23.8 Å². The van der Waals surface area contributed by atoms with E-state index in [-0.39, 0.29) is 24.4 Å². The third-order valence-corrected chi connectivity index (χ3v) is 5.29. The van der Waals surface area contributed by atoms with Crippen LogP contribution in [0.15, 0.2) is 41.0 Å². The van der Waals surface area contributed by atoms with E-state index >= 15 is 0 Å². The third kappa shape index (κ3) is 2.83. The minimum absolute atomic E-state index is 0.174. The normalized spacial score (nSPS) is 12.5. The lowest BCUT2D eigenvalue weighted by Crippen LogP contribution is -2.29. The summed E-state index contributed by atoms with van der Waals surface area (Å²) in [6.45, 7) is 2.08. The molecule has 4 nitrogen and oxygen atoms in total. The summed E-state index contributed by atoms with van der Waals surface area (Å²) >= 11 is 1.29. The van der Waals surface area contributed by atoms with Crippen molar-refractivity contribution in [1.29, 1.82) is 0 Å². The molecule has 1 atom stereocenters. The van der Waals surface area contributed by atoms with Gasteiger partial charge < -0.3 is 14.1 Å². The summed E-state index contributed by atoms with van der Waals surface area (Å²) < 4.78 is 25.6. The number of nitrogens with zero attached hydrogens (tertiary/aromatic N) is 1. The number of carbonyl (C=O) groups is 1. The second kappa shape index (κ2) is 6.75. The van der Waals surface area contributed by atoms with Gasteiger partial charge in [-0.1, -0.05) is 6.07 Å². The van der Waals surface area contributed by atoms with Gasteiger partial charge in [0.25, 0.3) is 5.91 Å². The van der Waals surface area contributed by atoms with Crippen LogP contribution < -0.4 is 0 Å². The molecular formula is C18H18FNO3S. The molecule has 0 N–H and O–H groups in total. The molecule has 6 heteroatoms. The zero-order valence-corrected chi connectivity index (χ0v) is 14.5. The molecule has 126 valence electrons. The van der Waals surface area contributed by atoms with Crippen molar-refractivity contribution in [2.75, 3.05) is 14.2 Å². The third-order valence-electron chi connectivity index (χ3n) is 4.10. The Balaban J connectivity index is 2.03. The predicted molar refractivity (Wildman–Crippen MR) is 91.7 cm³/mol. The van der Waals surface area contributed by atoms with E-state index in [9.17, 15) is 9.18 Å². The molecule has 0 radical (unpaired) electrons. The van der Waals surface area contributed by atoms with Crippen LogP contribution in [0.2, 0.25) is 0 Å². The van der Waals surface area contributed by atoms with Crippen LogP contribution in [0.25, 0.3) is 10.1 Å². The average molecular weight is 347 g/mol. The van der Waals surface area contributed by atoms with E-state index in [1.807, 2.05) is 19.1 Å². The number of carbonyl (C=O) groups excluding carboxylic acids is 1. The SMILES string of the molecule is COCc1c(C(=O)N(C)C(C)c2ccco2)sc2cccc(F)c12. The predicted octanol–water partition coefficient (Wildman–Crippen LogP) is 4.61. The smallest absolute Gasteiger partial charge is 0.264 e. The van der Waals surface area contributed by atoms with E-state index in [1.54, 1.807) is 30.3 Å². The van der Waals surface area contributed by atoms with Crippen molar-refractivity contribution in [3.8, 4) is 0 Å². The molecule has 3 aromatic rings. The number of benzene rings is 1. The molecule has 0 aliphatic carbocycles. The van der Waals surface area contributed by atoms with E-state index in [0.717, 1.165) is 4.70 Å². The van der Waals surface area contributed by atoms with E-state index < -0.39 is 0 Å². The molecule has 0 saturated carbocycles. The highest BCUT2D eigenvalue weighted by Gasteiger charge is 2.26. The van der Waals surface area contributed by atoms with Gasteiger partial charge in [-0.15, -0.1) is 11.3 Å². The van der Waals surface area contributed by atoms with Crippen molar-refractivity contribution in [2.45, 2.75) is 19.6 Å². The van der Waals surface area contributed by atoms with Crippen LogP contribution in [-0.4, -0.2) is 25.0 Å². The summed E-state index contributed by atoms with van der Waals surface area (Å²) in [6.07, 6.45) is 1.58.